The zero-order chi connectivity index (χ0) is 11.1. The molecule has 0 aliphatic heterocycles. The molecular formula is C10H16ClN3O. The Bertz CT molecular complexity index is 279. The summed E-state index contributed by atoms with van der Waals surface area (Å²) < 4.78 is 4.98. The van der Waals surface area contributed by atoms with E-state index in [1.807, 2.05) is 12.1 Å². The molecule has 0 saturated carbocycles. The van der Waals surface area contributed by atoms with Gasteiger partial charge in [-0.3, -0.25) is 16.3 Å². The molecule has 0 spiro atoms. The first-order valence-corrected chi connectivity index (χ1v) is 5.22. The molecule has 1 aromatic heterocycles. The van der Waals surface area contributed by atoms with E-state index in [0.717, 1.165) is 25.1 Å². The molecule has 0 radical (unpaired) electrons. The summed E-state index contributed by atoms with van der Waals surface area (Å²) in [6.45, 7) is 0.728. The smallest absolute Gasteiger partial charge is 0.0633 e. The van der Waals surface area contributed by atoms with Gasteiger partial charge in [-0.1, -0.05) is 11.6 Å². The Kier molecular flexibility index (Phi) is 5.57. The molecule has 4 nitrogen and oxygen atoms in total. The number of hydrazine groups is 1. The Morgan fingerprint density at radius 2 is 2.40 bits per heavy atom. The van der Waals surface area contributed by atoms with Crippen LogP contribution in [0.15, 0.2) is 18.3 Å². The lowest BCUT2D eigenvalue weighted by atomic mass is 10.1. The third-order valence-corrected chi connectivity index (χ3v) is 2.37. The molecular weight excluding hydrogens is 214 g/mol. The fourth-order valence-corrected chi connectivity index (χ4v) is 1.45. The lowest BCUT2D eigenvalue weighted by Gasteiger charge is -2.14. The van der Waals surface area contributed by atoms with Crippen molar-refractivity contribution in [2.75, 3.05) is 13.7 Å². The Balaban J connectivity index is 2.53. The molecule has 1 unspecified atom stereocenters. The molecule has 0 bridgehead atoms. The van der Waals surface area contributed by atoms with Crippen molar-refractivity contribution in [2.45, 2.75) is 18.9 Å². The van der Waals surface area contributed by atoms with E-state index in [2.05, 4.69) is 10.4 Å². The Hall–Kier alpha value is -0.680. The van der Waals surface area contributed by atoms with E-state index in [1.165, 1.54) is 0 Å². The molecule has 0 aliphatic rings. The minimum atomic E-state index is 0.0532. The Morgan fingerprint density at radius 3 is 2.93 bits per heavy atom. The van der Waals surface area contributed by atoms with Crippen LogP contribution in [0, 0.1) is 0 Å². The second kappa shape index (κ2) is 6.74. The van der Waals surface area contributed by atoms with Crippen molar-refractivity contribution in [1.29, 1.82) is 0 Å². The monoisotopic (exact) mass is 229 g/mol. The molecule has 0 fully saturated rings. The summed E-state index contributed by atoms with van der Waals surface area (Å²) >= 11 is 5.75. The third-order valence-electron chi connectivity index (χ3n) is 2.15. The van der Waals surface area contributed by atoms with Crippen LogP contribution in [0.4, 0.5) is 0 Å². The molecule has 1 heterocycles. The van der Waals surface area contributed by atoms with E-state index >= 15 is 0 Å². The van der Waals surface area contributed by atoms with Gasteiger partial charge in [-0.2, -0.15) is 0 Å². The molecule has 0 aliphatic carbocycles. The summed E-state index contributed by atoms with van der Waals surface area (Å²) in [7, 11) is 1.69. The zero-order valence-electron chi connectivity index (χ0n) is 8.74. The highest BCUT2D eigenvalue weighted by Gasteiger charge is 2.10. The number of nitrogens with zero attached hydrogens (tertiary/aromatic N) is 1. The van der Waals surface area contributed by atoms with Crippen LogP contribution in [-0.4, -0.2) is 18.7 Å². The quantitative estimate of drug-likeness (QED) is 0.443. The normalized spacial score (nSPS) is 12.7. The van der Waals surface area contributed by atoms with Crippen LogP contribution in [0.3, 0.4) is 0 Å². The lowest BCUT2D eigenvalue weighted by Crippen LogP contribution is -2.28. The fraction of sp³-hybridized carbons (Fsp3) is 0.500. The molecule has 1 atom stereocenters. The minimum absolute atomic E-state index is 0.0532. The minimum Gasteiger partial charge on any atom is -0.385 e. The summed E-state index contributed by atoms with van der Waals surface area (Å²) in [5, 5.41) is 0.631. The average Bonchev–Trinajstić information content (AvgIpc) is 2.26. The average molecular weight is 230 g/mol. The SMILES string of the molecule is COCCCC(NN)c1ccc(Cl)cn1. The summed E-state index contributed by atoms with van der Waals surface area (Å²) in [5.74, 6) is 5.46. The molecule has 15 heavy (non-hydrogen) atoms. The number of ether oxygens (including phenoxy) is 1. The summed E-state index contributed by atoms with van der Waals surface area (Å²) in [6.07, 6.45) is 3.45. The highest BCUT2D eigenvalue weighted by Crippen LogP contribution is 2.17. The summed E-state index contributed by atoms with van der Waals surface area (Å²) in [5.41, 5.74) is 3.64. The van der Waals surface area contributed by atoms with Gasteiger partial charge in [-0.05, 0) is 25.0 Å². The predicted molar refractivity (Wildman–Crippen MR) is 60.4 cm³/mol. The van der Waals surface area contributed by atoms with Gasteiger partial charge in [0.1, 0.15) is 0 Å². The Labute approximate surface area is 94.8 Å². The van der Waals surface area contributed by atoms with Crippen molar-refractivity contribution >= 4 is 11.6 Å². The number of halogens is 1. The maximum absolute atomic E-state index is 5.75. The van der Waals surface area contributed by atoms with Crippen molar-refractivity contribution in [3.05, 3.63) is 29.0 Å². The Morgan fingerprint density at radius 1 is 1.60 bits per heavy atom. The number of rotatable bonds is 6. The zero-order valence-corrected chi connectivity index (χ0v) is 9.50. The molecule has 1 aromatic rings. The van der Waals surface area contributed by atoms with Gasteiger partial charge in [0, 0.05) is 19.9 Å². The standard InChI is InChI=1S/C10H16ClN3O/c1-15-6-2-3-10(14-12)9-5-4-8(11)7-13-9/h4-5,7,10,14H,2-3,6,12H2,1H3. The van der Waals surface area contributed by atoms with Crippen LogP contribution in [0.1, 0.15) is 24.6 Å². The lowest BCUT2D eigenvalue weighted by molar-refractivity contribution is 0.188. The van der Waals surface area contributed by atoms with Gasteiger partial charge in [0.05, 0.1) is 16.8 Å². The number of hydrogen-bond donors (Lipinski definition) is 2. The van der Waals surface area contributed by atoms with Gasteiger partial charge in [-0.15, -0.1) is 0 Å². The predicted octanol–water partition coefficient (Wildman–Crippen LogP) is 1.67. The number of nitrogens with one attached hydrogen (secondary N) is 1. The third kappa shape index (κ3) is 4.13. The first-order valence-electron chi connectivity index (χ1n) is 4.84. The molecule has 0 amide bonds. The van der Waals surface area contributed by atoms with E-state index in [4.69, 9.17) is 22.2 Å². The van der Waals surface area contributed by atoms with Gasteiger partial charge in [0.25, 0.3) is 0 Å². The van der Waals surface area contributed by atoms with E-state index in [9.17, 15) is 0 Å². The van der Waals surface area contributed by atoms with Crippen LogP contribution in [0.5, 0.6) is 0 Å². The van der Waals surface area contributed by atoms with E-state index in [1.54, 1.807) is 13.3 Å². The van der Waals surface area contributed by atoms with Crippen molar-refractivity contribution in [2.24, 2.45) is 5.84 Å². The maximum Gasteiger partial charge on any atom is 0.0633 e. The maximum atomic E-state index is 5.75. The number of aromatic nitrogens is 1. The number of hydrogen-bond acceptors (Lipinski definition) is 4. The van der Waals surface area contributed by atoms with Crippen LogP contribution >= 0.6 is 11.6 Å². The van der Waals surface area contributed by atoms with Crippen LogP contribution < -0.4 is 11.3 Å². The summed E-state index contributed by atoms with van der Waals surface area (Å²) in [4.78, 5) is 4.21. The van der Waals surface area contributed by atoms with Gasteiger partial charge in [-0.25, -0.2) is 0 Å². The molecule has 84 valence electrons. The number of pyridine rings is 1. The summed E-state index contributed by atoms with van der Waals surface area (Å²) in [6, 6.07) is 3.74. The highest BCUT2D eigenvalue weighted by atomic mass is 35.5. The molecule has 0 aromatic carbocycles. The number of methoxy groups -OCH3 is 1. The van der Waals surface area contributed by atoms with Crippen LogP contribution in [-0.2, 0) is 4.74 Å². The van der Waals surface area contributed by atoms with Crippen molar-refractivity contribution in [3.8, 4) is 0 Å². The van der Waals surface area contributed by atoms with Crippen LogP contribution in [0.25, 0.3) is 0 Å². The first kappa shape index (κ1) is 12.4. The second-order valence-electron chi connectivity index (χ2n) is 3.26. The highest BCUT2D eigenvalue weighted by molar-refractivity contribution is 6.30. The van der Waals surface area contributed by atoms with E-state index < -0.39 is 0 Å². The van der Waals surface area contributed by atoms with E-state index in [0.29, 0.717) is 5.02 Å². The first-order chi connectivity index (χ1) is 7.27. The van der Waals surface area contributed by atoms with Gasteiger partial charge >= 0.3 is 0 Å². The topological polar surface area (TPSA) is 60.2 Å². The van der Waals surface area contributed by atoms with Crippen molar-refractivity contribution in [3.63, 3.8) is 0 Å². The van der Waals surface area contributed by atoms with Crippen molar-refractivity contribution in [1.82, 2.24) is 10.4 Å². The van der Waals surface area contributed by atoms with Crippen molar-refractivity contribution < 1.29 is 4.74 Å². The largest absolute Gasteiger partial charge is 0.385 e. The second-order valence-corrected chi connectivity index (χ2v) is 3.69. The fourth-order valence-electron chi connectivity index (χ4n) is 1.34. The van der Waals surface area contributed by atoms with Gasteiger partial charge in [0.15, 0.2) is 0 Å². The number of nitrogens with two attached hydrogens (primary N) is 1. The molecule has 1 rings (SSSR count). The van der Waals surface area contributed by atoms with E-state index in [-0.39, 0.29) is 6.04 Å². The molecule has 5 heteroatoms. The van der Waals surface area contributed by atoms with Gasteiger partial charge < -0.3 is 4.74 Å². The molecule has 3 N–H and O–H groups in total. The molecule has 0 saturated heterocycles. The van der Waals surface area contributed by atoms with Gasteiger partial charge in [0.2, 0.25) is 0 Å². The van der Waals surface area contributed by atoms with Crippen LogP contribution in [0.2, 0.25) is 5.02 Å².